The summed E-state index contributed by atoms with van der Waals surface area (Å²) < 4.78 is 17.0. The van der Waals surface area contributed by atoms with Crippen LogP contribution in [0, 0.1) is 0 Å². The number of hydrogen-bond acceptors (Lipinski definition) is 6. The smallest absolute Gasteiger partial charge is 0.306 e. The number of carbonyl (C=O) groups is 3. The molecule has 1 atom stereocenters. The molecule has 0 saturated carbocycles. The zero-order valence-corrected chi connectivity index (χ0v) is 52.6. The van der Waals surface area contributed by atoms with Crippen LogP contribution in [0.1, 0.15) is 355 Å². The quantitative estimate of drug-likeness (QED) is 0.0261. The van der Waals surface area contributed by atoms with Gasteiger partial charge in [-0.1, -0.05) is 293 Å². The van der Waals surface area contributed by atoms with Crippen LogP contribution < -0.4 is 0 Å². The van der Waals surface area contributed by atoms with E-state index in [1.165, 1.54) is 238 Å². The van der Waals surface area contributed by atoms with Gasteiger partial charge in [-0.3, -0.25) is 14.4 Å². The largest absolute Gasteiger partial charge is 0.462 e. The summed E-state index contributed by atoms with van der Waals surface area (Å²) in [5, 5.41) is 0. The number of ether oxygens (including phenoxy) is 3. The molecule has 0 amide bonds. The summed E-state index contributed by atoms with van der Waals surface area (Å²) in [7, 11) is 0. The van der Waals surface area contributed by atoms with Crippen LogP contribution in [0.3, 0.4) is 0 Å². The highest BCUT2D eigenvalue weighted by Gasteiger charge is 2.19. The molecule has 0 heterocycles. The van der Waals surface area contributed by atoms with E-state index in [1.54, 1.807) is 0 Å². The molecule has 0 aliphatic carbocycles. The van der Waals surface area contributed by atoms with Crippen molar-refractivity contribution in [1.82, 2.24) is 0 Å². The Hall–Kier alpha value is -3.15. The van der Waals surface area contributed by atoms with Crippen molar-refractivity contribution in [2.45, 2.75) is 361 Å². The fourth-order valence-electron chi connectivity index (χ4n) is 9.95. The highest BCUT2D eigenvalue weighted by atomic mass is 16.6. The molecule has 6 nitrogen and oxygen atoms in total. The van der Waals surface area contributed by atoms with E-state index in [2.05, 4.69) is 93.7 Å². The van der Waals surface area contributed by atoms with E-state index in [1.807, 2.05) is 0 Å². The van der Waals surface area contributed by atoms with Crippen LogP contribution in [0.2, 0.25) is 0 Å². The highest BCUT2D eigenvalue weighted by Crippen LogP contribution is 2.17. The zero-order chi connectivity index (χ0) is 57.1. The van der Waals surface area contributed by atoms with Crippen LogP contribution in [0.15, 0.2) is 72.9 Å². The van der Waals surface area contributed by atoms with Crippen LogP contribution in [-0.2, 0) is 28.6 Å². The molecule has 0 aromatic rings. The second-order valence-electron chi connectivity index (χ2n) is 23.1. The average molecular weight is 1100 g/mol. The Labute approximate surface area is 491 Å². The Balaban J connectivity index is 4.38. The summed E-state index contributed by atoms with van der Waals surface area (Å²) in [4.78, 5) is 38.5. The Bertz CT molecular complexity index is 1450. The van der Waals surface area contributed by atoms with E-state index in [0.717, 1.165) is 77.0 Å². The molecule has 0 saturated heterocycles. The molecule has 458 valence electrons. The minimum absolute atomic E-state index is 0.0789. The van der Waals surface area contributed by atoms with E-state index in [0.29, 0.717) is 19.3 Å². The molecule has 0 aromatic heterocycles. The second kappa shape index (κ2) is 67.4. The van der Waals surface area contributed by atoms with Gasteiger partial charge >= 0.3 is 17.9 Å². The fourth-order valence-corrected chi connectivity index (χ4v) is 9.95. The highest BCUT2D eigenvalue weighted by molar-refractivity contribution is 5.71. The van der Waals surface area contributed by atoms with Gasteiger partial charge in [0, 0.05) is 19.3 Å². The van der Waals surface area contributed by atoms with Crippen molar-refractivity contribution in [3.63, 3.8) is 0 Å². The number of allylic oxidation sites excluding steroid dienone is 12. The van der Waals surface area contributed by atoms with Gasteiger partial charge in [0.1, 0.15) is 13.2 Å². The lowest BCUT2D eigenvalue weighted by Gasteiger charge is -2.18. The molecular formula is C73H130O6. The predicted molar refractivity (Wildman–Crippen MR) is 344 cm³/mol. The first-order chi connectivity index (χ1) is 39.0. The van der Waals surface area contributed by atoms with Gasteiger partial charge in [0.2, 0.25) is 0 Å². The van der Waals surface area contributed by atoms with Crippen molar-refractivity contribution in [2.75, 3.05) is 13.2 Å². The molecule has 0 aliphatic heterocycles. The molecule has 6 heteroatoms. The molecule has 0 rings (SSSR count). The SMILES string of the molecule is CCCCC/C=C\C/C=C\CCCCCCCCCCCC(=O)OCC(COC(=O)CCCCCCCCCCC/C=C\C/C=C\CCCCCCC)OC(=O)CCCCCCCCCCC/C=C\C/C=C\CCCCCCC. The Morgan fingerprint density at radius 1 is 0.253 bits per heavy atom. The molecule has 0 radical (unpaired) electrons. The molecule has 0 spiro atoms. The molecule has 0 fully saturated rings. The normalized spacial score (nSPS) is 12.5. The monoisotopic (exact) mass is 1100 g/mol. The molecule has 0 bridgehead atoms. The topological polar surface area (TPSA) is 78.9 Å². The van der Waals surface area contributed by atoms with Crippen molar-refractivity contribution in [3.05, 3.63) is 72.9 Å². The van der Waals surface area contributed by atoms with Crippen molar-refractivity contribution in [2.24, 2.45) is 0 Å². The van der Waals surface area contributed by atoms with Crippen molar-refractivity contribution >= 4 is 17.9 Å². The summed E-state index contributed by atoms with van der Waals surface area (Å²) in [5.41, 5.74) is 0. The summed E-state index contributed by atoms with van der Waals surface area (Å²) >= 11 is 0. The Morgan fingerprint density at radius 3 is 0.722 bits per heavy atom. The average Bonchev–Trinajstić information content (AvgIpc) is 3.45. The first kappa shape index (κ1) is 75.8. The number of carbonyl (C=O) groups excluding carboxylic acids is 3. The van der Waals surface area contributed by atoms with Crippen molar-refractivity contribution in [3.8, 4) is 0 Å². The number of hydrogen-bond donors (Lipinski definition) is 0. The van der Waals surface area contributed by atoms with Crippen molar-refractivity contribution < 1.29 is 28.6 Å². The summed E-state index contributed by atoms with van der Waals surface area (Å²) in [6.07, 6.45) is 87.6. The standard InChI is InChI=1S/C73H130O6/c1-4-7-10-13-16-19-22-25-28-31-34-36-39-42-45-48-51-54-57-60-63-66-72(75)78-69-70(68-77-71(74)65-62-59-56-53-50-47-44-41-38-33-30-27-24-21-18-15-12-9-6-3)79-73(76)67-64-61-58-55-52-49-46-43-40-37-35-32-29-26-23-20-17-14-11-8-5-2/h18,21-23,25-27,30-32,34-35,70H,4-17,19-20,24,28-29,33,36-69H2,1-3H3/b21-18-,25-22-,26-23-,30-27-,34-31-,35-32-. The number of rotatable bonds is 63. The molecule has 0 N–H and O–H groups in total. The number of esters is 3. The fraction of sp³-hybridized carbons (Fsp3) is 0.795. The lowest BCUT2D eigenvalue weighted by molar-refractivity contribution is -0.167. The lowest BCUT2D eigenvalue weighted by atomic mass is 10.1. The van der Waals surface area contributed by atoms with E-state index < -0.39 is 6.10 Å². The molecule has 0 aromatic carbocycles. The lowest BCUT2D eigenvalue weighted by Crippen LogP contribution is -2.30. The maximum absolute atomic E-state index is 13.0. The van der Waals surface area contributed by atoms with Gasteiger partial charge in [-0.2, -0.15) is 0 Å². The summed E-state index contributed by atoms with van der Waals surface area (Å²) in [5.74, 6) is -0.872. The first-order valence-corrected chi connectivity index (χ1v) is 34.4. The number of unbranched alkanes of at least 4 members (excludes halogenated alkanes) is 40. The van der Waals surface area contributed by atoms with E-state index in [-0.39, 0.29) is 31.1 Å². The van der Waals surface area contributed by atoms with E-state index in [4.69, 9.17) is 14.2 Å². The summed E-state index contributed by atoms with van der Waals surface area (Å²) in [6.45, 7) is 6.63. The van der Waals surface area contributed by atoms with Gasteiger partial charge in [0.05, 0.1) is 0 Å². The zero-order valence-electron chi connectivity index (χ0n) is 52.6. The van der Waals surface area contributed by atoms with Crippen LogP contribution in [0.4, 0.5) is 0 Å². The molecular weight excluding hydrogens is 973 g/mol. The van der Waals surface area contributed by atoms with E-state index in [9.17, 15) is 14.4 Å². The Morgan fingerprint density at radius 2 is 0.456 bits per heavy atom. The maximum Gasteiger partial charge on any atom is 0.306 e. The van der Waals surface area contributed by atoms with Gasteiger partial charge in [-0.05, 0) is 116 Å². The predicted octanol–water partition coefficient (Wildman–Crippen LogP) is 23.7. The molecule has 1 unspecified atom stereocenters. The van der Waals surface area contributed by atoms with E-state index >= 15 is 0 Å². The van der Waals surface area contributed by atoms with Gasteiger partial charge in [0.15, 0.2) is 6.10 Å². The minimum atomic E-state index is -0.784. The van der Waals surface area contributed by atoms with Gasteiger partial charge in [-0.25, -0.2) is 0 Å². The molecule has 79 heavy (non-hydrogen) atoms. The third-order valence-electron chi connectivity index (χ3n) is 15.2. The second-order valence-corrected chi connectivity index (χ2v) is 23.1. The molecule has 0 aliphatic rings. The third-order valence-corrected chi connectivity index (χ3v) is 15.2. The maximum atomic E-state index is 13.0. The minimum Gasteiger partial charge on any atom is -0.462 e. The van der Waals surface area contributed by atoms with Gasteiger partial charge < -0.3 is 14.2 Å². The van der Waals surface area contributed by atoms with Crippen LogP contribution in [0.5, 0.6) is 0 Å². The Kier molecular flexibility index (Phi) is 64.7. The van der Waals surface area contributed by atoms with Crippen LogP contribution >= 0.6 is 0 Å². The first-order valence-electron chi connectivity index (χ1n) is 34.4. The van der Waals surface area contributed by atoms with Crippen molar-refractivity contribution in [1.29, 1.82) is 0 Å². The van der Waals surface area contributed by atoms with Gasteiger partial charge in [0.25, 0.3) is 0 Å². The van der Waals surface area contributed by atoms with Crippen LogP contribution in [0.25, 0.3) is 0 Å². The van der Waals surface area contributed by atoms with Crippen LogP contribution in [-0.4, -0.2) is 37.2 Å². The third kappa shape index (κ3) is 65.5. The van der Waals surface area contributed by atoms with Gasteiger partial charge in [-0.15, -0.1) is 0 Å². The summed E-state index contributed by atoms with van der Waals surface area (Å²) in [6, 6.07) is 0.